The lowest BCUT2D eigenvalue weighted by Crippen LogP contribution is -1.97. The standard InChI is InChI=1S/C11H15BrOS/c1-8(2)4-3-5-9(13)10-6-7-11(12)14-10/h6-8H,3-5H2,1-2H3. The monoisotopic (exact) mass is 274 g/mol. The summed E-state index contributed by atoms with van der Waals surface area (Å²) in [6.45, 7) is 4.37. The highest BCUT2D eigenvalue weighted by atomic mass is 79.9. The summed E-state index contributed by atoms with van der Waals surface area (Å²) in [4.78, 5) is 12.5. The van der Waals surface area contributed by atoms with E-state index in [1.807, 2.05) is 12.1 Å². The van der Waals surface area contributed by atoms with E-state index >= 15 is 0 Å². The van der Waals surface area contributed by atoms with Crippen molar-refractivity contribution in [2.24, 2.45) is 5.92 Å². The Morgan fingerprint density at radius 2 is 2.21 bits per heavy atom. The Morgan fingerprint density at radius 1 is 1.50 bits per heavy atom. The van der Waals surface area contributed by atoms with Crippen LogP contribution in [-0.2, 0) is 0 Å². The molecule has 3 heteroatoms. The minimum absolute atomic E-state index is 0.279. The molecule has 0 N–H and O–H groups in total. The van der Waals surface area contributed by atoms with Crippen LogP contribution in [0, 0.1) is 5.92 Å². The zero-order chi connectivity index (χ0) is 10.6. The molecule has 0 fully saturated rings. The van der Waals surface area contributed by atoms with Gasteiger partial charge in [-0.2, -0.15) is 0 Å². The van der Waals surface area contributed by atoms with E-state index in [0.29, 0.717) is 12.3 Å². The maximum atomic E-state index is 11.6. The Balaban J connectivity index is 2.36. The van der Waals surface area contributed by atoms with Crippen molar-refractivity contribution in [3.63, 3.8) is 0 Å². The molecule has 1 rings (SSSR count). The van der Waals surface area contributed by atoms with Crippen molar-refractivity contribution in [3.05, 3.63) is 20.8 Å². The van der Waals surface area contributed by atoms with Crippen LogP contribution in [0.2, 0.25) is 0 Å². The van der Waals surface area contributed by atoms with Crippen molar-refractivity contribution in [3.8, 4) is 0 Å². The molecule has 0 aliphatic heterocycles. The van der Waals surface area contributed by atoms with E-state index in [0.717, 1.165) is 21.5 Å². The second-order valence-corrected chi connectivity index (χ2v) is 6.28. The molecule has 0 amide bonds. The summed E-state index contributed by atoms with van der Waals surface area (Å²) >= 11 is 4.88. The number of rotatable bonds is 5. The number of thiophene rings is 1. The maximum Gasteiger partial charge on any atom is 0.172 e. The third-order valence-electron chi connectivity index (χ3n) is 2.03. The van der Waals surface area contributed by atoms with Gasteiger partial charge in [0.05, 0.1) is 8.66 Å². The van der Waals surface area contributed by atoms with Crippen LogP contribution in [0.3, 0.4) is 0 Å². The Labute approximate surface area is 97.7 Å². The summed E-state index contributed by atoms with van der Waals surface area (Å²) in [7, 11) is 0. The van der Waals surface area contributed by atoms with Gasteiger partial charge in [-0.05, 0) is 40.4 Å². The fourth-order valence-corrected chi connectivity index (χ4v) is 2.61. The van der Waals surface area contributed by atoms with Gasteiger partial charge >= 0.3 is 0 Å². The maximum absolute atomic E-state index is 11.6. The highest BCUT2D eigenvalue weighted by molar-refractivity contribution is 9.11. The van der Waals surface area contributed by atoms with Crippen molar-refractivity contribution < 1.29 is 4.79 Å². The third-order valence-corrected chi connectivity index (χ3v) is 3.70. The lowest BCUT2D eigenvalue weighted by atomic mass is 10.0. The van der Waals surface area contributed by atoms with Crippen LogP contribution >= 0.6 is 27.3 Å². The van der Waals surface area contributed by atoms with E-state index in [2.05, 4.69) is 29.8 Å². The van der Waals surface area contributed by atoms with Gasteiger partial charge in [0.25, 0.3) is 0 Å². The van der Waals surface area contributed by atoms with Gasteiger partial charge in [-0.15, -0.1) is 11.3 Å². The molecule has 0 aromatic carbocycles. The topological polar surface area (TPSA) is 17.1 Å². The molecule has 0 unspecified atom stereocenters. The molecule has 14 heavy (non-hydrogen) atoms. The summed E-state index contributed by atoms with van der Waals surface area (Å²) in [6, 6.07) is 3.83. The molecule has 1 aromatic rings. The zero-order valence-corrected chi connectivity index (χ0v) is 11.0. The van der Waals surface area contributed by atoms with Gasteiger partial charge in [0, 0.05) is 6.42 Å². The molecule has 0 saturated carbocycles. The molecular formula is C11H15BrOS. The second-order valence-electron chi connectivity index (χ2n) is 3.81. The summed E-state index contributed by atoms with van der Waals surface area (Å²) < 4.78 is 1.03. The lowest BCUT2D eigenvalue weighted by Gasteiger charge is -2.02. The lowest BCUT2D eigenvalue weighted by molar-refractivity contribution is 0.0982. The first kappa shape index (κ1) is 11.9. The molecule has 1 heterocycles. The van der Waals surface area contributed by atoms with E-state index in [4.69, 9.17) is 0 Å². The fraction of sp³-hybridized carbons (Fsp3) is 0.545. The number of hydrogen-bond donors (Lipinski definition) is 0. The van der Waals surface area contributed by atoms with Crippen molar-refractivity contribution in [2.75, 3.05) is 0 Å². The van der Waals surface area contributed by atoms with E-state index in [9.17, 15) is 4.79 Å². The molecule has 78 valence electrons. The molecule has 0 aliphatic rings. The number of hydrogen-bond acceptors (Lipinski definition) is 2. The highest BCUT2D eigenvalue weighted by Crippen LogP contribution is 2.23. The van der Waals surface area contributed by atoms with Crippen LogP contribution in [0.15, 0.2) is 15.9 Å². The molecule has 0 radical (unpaired) electrons. The van der Waals surface area contributed by atoms with Crippen molar-refractivity contribution in [2.45, 2.75) is 33.1 Å². The second kappa shape index (κ2) is 5.66. The highest BCUT2D eigenvalue weighted by Gasteiger charge is 2.08. The van der Waals surface area contributed by atoms with E-state index in [1.165, 1.54) is 11.3 Å². The van der Waals surface area contributed by atoms with Gasteiger partial charge in [0.1, 0.15) is 0 Å². The van der Waals surface area contributed by atoms with Crippen LogP contribution in [0.5, 0.6) is 0 Å². The van der Waals surface area contributed by atoms with Crippen LogP contribution in [-0.4, -0.2) is 5.78 Å². The Hall–Kier alpha value is -0.150. The normalized spacial score (nSPS) is 10.9. The Morgan fingerprint density at radius 3 is 2.71 bits per heavy atom. The predicted octanol–water partition coefficient (Wildman–Crippen LogP) is 4.52. The van der Waals surface area contributed by atoms with E-state index in [-0.39, 0.29) is 5.78 Å². The zero-order valence-electron chi connectivity index (χ0n) is 8.55. The number of Topliss-reactive ketones (excluding diaryl/α,β-unsaturated/α-hetero) is 1. The molecule has 0 saturated heterocycles. The number of carbonyl (C=O) groups is 1. The van der Waals surface area contributed by atoms with Crippen LogP contribution in [0.4, 0.5) is 0 Å². The van der Waals surface area contributed by atoms with Crippen LogP contribution in [0.1, 0.15) is 42.8 Å². The number of halogens is 1. The van der Waals surface area contributed by atoms with Crippen molar-refractivity contribution in [1.29, 1.82) is 0 Å². The van der Waals surface area contributed by atoms with Crippen LogP contribution < -0.4 is 0 Å². The first-order chi connectivity index (χ1) is 6.59. The summed E-state index contributed by atoms with van der Waals surface area (Å²) in [6.07, 6.45) is 2.83. The molecular weight excluding hydrogens is 260 g/mol. The summed E-state index contributed by atoms with van der Waals surface area (Å²) in [5, 5.41) is 0. The van der Waals surface area contributed by atoms with Gasteiger partial charge in [0.15, 0.2) is 5.78 Å². The third kappa shape index (κ3) is 3.93. The first-order valence-electron chi connectivity index (χ1n) is 4.88. The average molecular weight is 275 g/mol. The smallest absolute Gasteiger partial charge is 0.172 e. The van der Waals surface area contributed by atoms with Gasteiger partial charge in [0.2, 0.25) is 0 Å². The Kier molecular flexibility index (Phi) is 4.82. The molecule has 0 spiro atoms. The molecule has 0 aliphatic carbocycles. The molecule has 1 nitrogen and oxygen atoms in total. The fourth-order valence-electron chi connectivity index (χ4n) is 1.26. The van der Waals surface area contributed by atoms with E-state index < -0.39 is 0 Å². The van der Waals surface area contributed by atoms with Gasteiger partial charge in [-0.1, -0.05) is 20.3 Å². The minimum Gasteiger partial charge on any atom is -0.293 e. The summed E-state index contributed by atoms with van der Waals surface area (Å²) in [5.41, 5.74) is 0. The Bertz CT molecular complexity index is 304. The number of ketones is 1. The molecule has 0 bridgehead atoms. The van der Waals surface area contributed by atoms with Crippen molar-refractivity contribution in [1.82, 2.24) is 0 Å². The predicted molar refractivity (Wildman–Crippen MR) is 65.0 cm³/mol. The quantitative estimate of drug-likeness (QED) is 0.722. The van der Waals surface area contributed by atoms with E-state index in [1.54, 1.807) is 0 Å². The molecule has 0 atom stereocenters. The SMILES string of the molecule is CC(C)CCCC(=O)c1ccc(Br)s1. The average Bonchev–Trinajstić information content (AvgIpc) is 2.51. The first-order valence-corrected chi connectivity index (χ1v) is 6.49. The molecule has 1 aromatic heterocycles. The van der Waals surface area contributed by atoms with Crippen molar-refractivity contribution >= 4 is 33.0 Å². The van der Waals surface area contributed by atoms with Gasteiger partial charge in [-0.25, -0.2) is 0 Å². The largest absolute Gasteiger partial charge is 0.293 e. The van der Waals surface area contributed by atoms with Gasteiger partial charge in [-0.3, -0.25) is 4.79 Å². The summed E-state index contributed by atoms with van der Waals surface area (Å²) in [5.74, 6) is 0.972. The van der Waals surface area contributed by atoms with Gasteiger partial charge < -0.3 is 0 Å². The number of carbonyl (C=O) groups excluding carboxylic acids is 1. The minimum atomic E-state index is 0.279. The van der Waals surface area contributed by atoms with Crippen LogP contribution in [0.25, 0.3) is 0 Å².